The molecule has 4 fully saturated rings. The van der Waals surface area contributed by atoms with Crippen molar-refractivity contribution in [3.8, 4) is 0 Å². The normalized spacial score (nSPS) is 38.0. The van der Waals surface area contributed by atoms with E-state index in [2.05, 4.69) is 11.9 Å². The van der Waals surface area contributed by atoms with E-state index in [1.54, 1.807) is 95.3 Å². The summed E-state index contributed by atoms with van der Waals surface area (Å²) in [6.07, 6.45) is -15.2. The number of benzene rings is 2. The molecule has 2 bridgehead atoms. The zero-order chi connectivity index (χ0) is 46.0. The van der Waals surface area contributed by atoms with E-state index in [0.717, 1.165) is 0 Å². The molecule has 0 spiro atoms. The third-order valence-corrected chi connectivity index (χ3v) is 14.7. The van der Waals surface area contributed by atoms with E-state index in [1.807, 2.05) is 0 Å². The van der Waals surface area contributed by atoms with Crippen molar-refractivity contribution in [2.24, 2.45) is 22.7 Å². The van der Waals surface area contributed by atoms with E-state index < -0.39 is 132 Å². The molecule has 2 aromatic rings. The number of rotatable bonds is 12. The summed E-state index contributed by atoms with van der Waals surface area (Å²) in [7, 11) is 0. The van der Waals surface area contributed by atoms with Crippen molar-refractivity contribution in [2.45, 2.75) is 126 Å². The van der Waals surface area contributed by atoms with Gasteiger partial charge in [0.1, 0.15) is 60.7 Å². The van der Waals surface area contributed by atoms with E-state index in [-0.39, 0.29) is 130 Å². The third kappa shape index (κ3) is 9.55. The number of ketones is 1. The Kier molecular flexibility index (Phi) is 17.7. The Morgan fingerprint density at radius 3 is 2.14 bits per heavy atom. The smallest absolute Gasteiger partial charge is 0.338 e. The molecular formula is C46H59Ac2NO16. The van der Waals surface area contributed by atoms with Crippen LogP contribution in [0.25, 0.3) is 0 Å². The molecule has 3 aliphatic carbocycles. The number of amides is 1. The molecule has 16 atom stereocenters. The minimum atomic E-state index is -1.94. The molecule has 2 heterocycles. The van der Waals surface area contributed by atoms with Crippen molar-refractivity contribution < 1.29 is 167 Å². The Morgan fingerprint density at radius 2 is 1.55 bits per heavy atom. The first-order valence-corrected chi connectivity index (χ1v) is 21.2. The van der Waals surface area contributed by atoms with Crippen LogP contribution in [0.15, 0.2) is 84.1 Å². The number of fused-ring (bicyclic) bond motifs is 5. The summed E-state index contributed by atoms with van der Waals surface area (Å²) in [5, 5.41) is 92.8. The van der Waals surface area contributed by atoms with Gasteiger partial charge in [-0.15, -0.1) is 0 Å². The van der Waals surface area contributed by atoms with Gasteiger partial charge < -0.3 is 69.9 Å². The van der Waals surface area contributed by atoms with Crippen molar-refractivity contribution in [2.75, 3.05) is 19.8 Å². The molecule has 65 heavy (non-hydrogen) atoms. The van der Waals surface area contributed by atoms with E-state index in [9.17, 15) is 50.4 Å². The average Bonchev–Trinajstić information content (AvgIpc) is 3.26. The van der Waals surface area contributed by atoms with Gasteiger partial charge in [0.15, 0.2) is 18.2 Å². The second-order valence-corrected chi connectivity index (χ2v) is 18.4. The maximum atomic E-state index is 15.2. The van der Waals surface area contributed by atoms with Gasteiger partial charge in [-0.2, -0.15) is 0 Å². The molecule has 2 aliphatic heterocycles. The summed E-state index contributed by atoms with van der Waals surface area (Å²) in [6, 6.07) is 15.4. The van der Waals surface area contributed by atoms with Crippen molar-refractivity contribution in [1.29, 1.82) is 0 Å². The van der Waals surface area contributed by atoms with Gasteiger partial charge in [-0.3, -0.25) is 9.59 Å². The second-order valence-electron chi connectivity index (χ2n) is 18.4. The molecule has 0 aromatic heterocycles. The molecule has 2 saturated heterocycles. The number of aliphatic hydroxyl groups is 8. The molecule has 19 heteroatoms. The fourth-order valence-electron chi connectivity index (χ4n) is 11.0. The van der Waals surface area contributed by atoms with Crippen LogP contribution in [0.4, 0.5) is 0 Å². The summed E-state index contributed by atoms with van der Waals surface area (Å²) in [4.78, 5) is 42.5. The molecule has 350 valence electrons. The van der Waals surface area contributed by atoms with Crippen LogP contribution in [-0.2, 0) is 33.3 Å². The van der Waals surface area contributed by atoms with Crippen molar-refractivity contribution in [3.05, 3.63) is 95.3 Å². The van der Waals surface area contributed by atoms with Crippen molar-refractivity contribution >= 4 is 17.7 Å². The quantitative estimate of drug-likeness (QED) is 0.0789. The van der Waals surface area contributed by atoms with E-state index in [4.69, 9.17) is 23.7 Å². The molecule has 9 N–H and O–H groups in total. The number of hydrogen-bond acceptors (Lipinski definition) is 16. The molecule has 7 rings (SSSR count). The topological polar surface area (TPSA) is 271 Å². The van der Waals surface area contributed by atoms with Gasteiger partial charge in [0.25, 0.3) is 5.91 Å². The first-order valence-electron chi connectivity index (χ1n) is 21.2. The van der Waals surface area contributed by atoms with Gasteiger partial charge in [-0.25, -0.2) is 4.79 Å². The zero-order valence-corrected chi connectivity index (χ0v) is 46.5. The molecule has 2 aromatic carbocycles. The van der Waals surface area contributed by atoms with Gasteiger partial charge in [0.2, 0.25) is 0 Å². The Morgan fingerprint density at radius 1 is 0.938 bits per heavy atom. The molecular weight excluding hydrogens is 1280 g/mol. The van der Waals surface area contributed by atoms with Gasteiger partial charge in [0.05, 0.1) is 36.4 Å². The van der Waals surface area contributed by atoms with Crippen LogP contribution in [0.3, 0.4) is 0 Å². The summed E-state index contributed by atoms with van der Waals surface area (Å²) in [6.45, 7) is 10.8. The van der Waals surface area contributed by atoms with Crippen molar-refractivity contribution in [1.82, 2.24) is 5.32 Å². The first kappa shape index (κ1) is 54.7. The minimum absolute atomic E-state index is 0. The fraction of sp³-hybridized carbons (Fsp3) is 0.587. The molecule has 17 nitrogen and oxygen atoms in total. The number of carbonyl (C=O) groups is 3. The van der Waals surface area contributed by atoms with Crippen LogP contribution in [0.2, 0.25) is 0 Å². The van der Waals surface area contributed by atoms with Crippen LogP contribution >= 0.6 is 0 Å². The number of Topliss-reactive ketones (excluding diaryl/α,β-unsaturated/α-hetero) is 1. The fourth-order valence-corrected chi connectivity index (χ4v) is 11.0. The molecule has 2 saturated carbocycles. The van der Waals surface area contributed by atoms with Crippen LogP contribution in [-0.4, -0.2) is 151 Å². The number of carbonyl (C=O) groups excluding carboxylic acids is 3. The maximum absolute atomic E-state index is 15.2. The predicted molar refractivity (Wildman–Crippen MR) is 220 cm³/mol. The molecule has 5 aliphatic rings. The number of nitrogens with one attached hydrogen (secondary N) is 1. The second kappa shape index (κ2) is 21.0. The number of esters is 1. The van der Waals surface area contributed by atoms with Gasteiger partial charge in [-0.1, -0.05) is 75.9 Å². The SMILES string of the molecule is C=C(COC1OC(CO)C(O)C(O)C1O)OC1CC2OCC2(O)C2[C@H](C)C3(O)CC(OC(=O)C(O)C(NC(=O)c4ccccc4)c4ccccc4)C(C)=C(C(O)C(=O)[C@]12C)C3(C)C.[Ac].[Ac]. The molecule has 1 amide bonds. The van der Waals surface area contributed by atoms with Gasteiger partial charge in [0, 0.05) is 118 Å². The van der Waals surface area contributed by atoms with Gasteiger partial charge in [-0.05, 0) is 48.6 Å². The summed E-state index contributed by atoms with van der Waals surface area (Å²) in [5.41, 5.74) is -5.66. The maximum Gasteiger partial charge on any atom is 0.338 e. The van der Waals surface area contributed by atoms with Crippen LogP contribution in [0.5, 0.6) is 0 Å². The largest absolute Gasteiger partial charge is 0.492 e. The van der Waals surface area contributed by atoms with Crippen LogP contribution in [0, 0.1) is 111 Å². The minimum Gasteiger partial charge on any atom is -0.492 e. The zero-order valence-electron chi connectivity index (χ0n) is 37.0. The average molecular weight is 1340 g/mol. The third-order valence-electron chi connectivity index (χ3n) is 14.7. The van der Waals surface area contributed by atoms with E-state index >= 15 is 4.79 Å². The summed E-state index contributed by atoms with van der Waals surface area (Å²) >= 11 is 0. The number of hydrogen-bond donors (Lipinski definition) is 9. The van der Waals surface area contributed by atoms with Crippen LogP contribution in [0.1, 0.15) is 69.4 Å². The number of ether oxygens (including phenoxy) is 5. The van der Waals surface area contributed by atoms with E-state index in [1.165, 1.54) is 0 Å². The summed E-state index contributed by atoms with van der Waals surface area (Å²) in [5.74, 6) is -4.67. The van der Waals surface area contributed by atoms with Crippen molar-refractivity contribution in [3.63, 3.8) is 0 Å². The molecule has 2 radical (unpaired) electrons. The number of aliphatic hydroxyl groups excluding tert-OH is 6. The Balaban J connectivity index is 0.00000397. The van der Waals surface area contributed by atoms with Crippen LogP contribution < -0.4 is 5.32 Å². The summed E-state index contributed by atoms with van der Waals surface area (Å²) < 4.78 is 29.3. The van der Waals surface area contributed by atoms with Gasteiger partial charge >= 0.3 is 5.97 Å². The Bertz CT molecular complexity index is 2090. The first-order chi connectivity index (χ1) is 29.6. The Labute approximate surface area is 449 Å². The predicted octanol–water partition coefficient (Wildman–Crippen LogP) is 0.359. The molecule has 14 unspecified atom stereocenters. The monoisotopic (exact) mass is 1340 g/mol. The van der Waals surface area contributed by atoms with E-state index in [0.29, 0.717) is 5.56 Å². The Hall–Kier alpha value is -1.23. The standard InChI is InChI=1S/C46H59NO16.2Ac/c1-22(20-59-42-37(53)36(52)33(49)28(19-48)63-42)61-29-17-30-45(57,21-60-30)38-24(3)46(58)18-27(23(2)31(43(46,4)5)34(50)39(54)44(29,38)6)62-41(56)35(51)32(25-13-9-7-10-14-25)47-40(55)26-15-11-8-12-16-26;;/h7-16,24,27-30,32-38,42,48-53,57-58H,1,17-21H2,2-6H3,(H,47,55);;/t24-,27?,28?,29?,30?,32?,33?,34?,35?,36?,37?,38?,42?,44+,45?,46?;;/m0../s1.